The number of carbonyl (C=O) groups is 1. The van der Waals surface area contributed by atoms with Gasteiger partial charge in [-0.25, -0.2) is 9.67 Å². The molecule has 150 valence electrons. The van der Waals surface area contributed by atoms with E-state index in [2.05, 4.69) is 21.4 Å². The molecular formula is C21H22N4O3S. The Bertz CT molecular complexity index is 1200. The van der Waals surface area contributed by atoms with Crippen molar-refractivity contribution in [3.63, 3.8) is 0 Å². The van der Waals surface area contributed by atoms with E-state index in [-0.39, 0.29) is 24.9 Å². The van der Waals surface area contributed by atoms with E-state index in [1.165, 1.54) is 0 Å². The van der Waals surface area contributed by atoms with Crippen LogP contribution in [0.3, 0.4) is 0 Å². The summed E-state index contributed by atoms with van der Waals surface area (Å²) in [6.07, 6.45) is 1.98. The predicted octanol–water partition coefficient (Wildman–Crippen LogP) is 3.46. The van der Waals surface area contributed by atoms with E-state index >= 15 is 0 Å². The number of rotatable bonds is 6. The number of carbonyl (C=O) groups excluding carboxylic acids is 1. The van der Waals surface area contributed by atoms with Crippen LogP contribution in [-0.2, 0) is 23.2 Å². The van der Waals surface area contributed by atoms with Crippen LogP contribution in [0, 0.1) is 6.92 Å². The molecule has 7 nitrogen and oxygen atoms in total. The molecule has 0 amide bonds. The maximum atomic E-state index is 12.4. The number of ether oxygens (including phenoxy) is 1. The van der Waals surface area contributed by atoms with Gasteiger partial charge < -0.3 is 9.84 Å². The van der Waals surface area contributed by atoms with Crippen LogP contribution in [0.1, 0.15) is 41.5 Å². The van der Waals surface area contributed by atoms with Gasteiger partial charge in [-0.1, -0.05) is 11.3 Å². The van der Waals surface area contributed by atoms with Crippen molar-refractivity contribution < 1.29 is 14.6 Å². The number of aromatic nitrogens is 4. The molecule has 3 heterocycles. The van der Waals surface area contributed by atoms with Crippen molar-refractivity contribution >= 4 is 38.6 Å². The number of fused-ring (bicyclic) bond motifs is 2. The molecule has 4 aromatic rings. The first-order valence-electron chi connectivity index (χ1n) is 9.44. The van der Waals surface area contributed by atoms with Crippen LogP contribution in [0.4, 0.5) is 0 Å². The fourth-order valence-corrected chi connectivity index (χ4v) is 4.64. The molecule has 8 heteroatoms. The molecule has 0 saturated carbocycles. The summed E-state index contributed by atoms with van der Waals surface area (Å²) in [6, 6.07) is 6.08. The molecule has 1 aromatic carbocycles. The number of hydrogen-bond acceptors (Lipinski definition) is 7. The molecule has 3 aromatic heterocycles. The van der Waals surface area contributed by atoms with E-state index in [1.807, 2.05) is 24.4 Å². The van der Waals surface area contributed by atoms with Gasteiger partial charge >= 0.3 is 5.97 Å². The van der Waals surface area contributed by atoms with E-state index in [1.54, 1.807) is 36.2 Å². The highest BCUT2D eigenvalue weighted by Gasteiger charge is 2.24. The number of pyridine rings is 1. The standard InChI is InChI=1S/C21H22N4O3S/c1-4-28-18(27)9-16(14-7-13-5-6-29-20(13)15(8-14)11-26)17-10-22-21-19(12(17)2)23-24-25(21)3/h5-8,10,16,26H,4,9,11H2,1-3H3. The van der Waals surface area contributed by atoms with Gasteiger partial charge in [0, 0.05) is 23.9 Å². The van der Waals surface area contributed by atoms with E-state index in [9.17, 15) is 9.90 Å². The number of hydrogen-bond donors (Lipinski definition) is 1. The summed E-state index contributed by atoms with van der Waals surface area (Å²) in [4.78, 5) is 17.0. The number of thiophene rings is 1. The second-order valence-corrected chi connectivity index (χ2v) is 7.88. The monoisotopic (exact) mass is 410 g/mol. The summed E-state index contributed by atoms with van der Waals surface area (Å²) >= 11 is 1.60. The number of aryl methyl sites for hydroxylation is 2. The predicted molar refractivity (Wildman–Crippen MR) is 112 cm³/mol. The summed E-state index contributed by atoms with van der Waals surface area (Å²) < 4.78 is 7.93. The first-order chi connectivity index (χ1) is 14.0. The van der Waals surface area contributed by atoms with Crippen LogP contribution in [0.2, 0.25) is 0 Å². The number of aliphatic hydroxyl groups is 1. The highest BCUT2D eigenvalue weighted by molar-refractivity contribution is 7.17. The van der Waals surface area contributed by atoms with Crippen LogP contribution >= 0.6 is 11.3 Å². The number of benzene rings is 1. The van der Waals surface area contributed by atoms with Gasteiger partial charge in [-0.15, -0.1) is 16.4 Å². The molecule has 1 N–H and O–H groups in total. The Kier molecular flexibility index (Phi) is 5.29. The SMILES string of the molecule is CCOC(=O)CC(c1cc(CO)c2sccc2c1)c1cnc2c(nnn2C)c1C. The van der Waals surface area contributed by atoms with Crippen LogP contribution in [-0.4, -0.2) is 37.7 Å². The van der Waals surface area contributed by atoms with Crippen molar-refractivity contribution in [1.82, 2.24) is 20.0 Å². The van der Waals surface area contributed by atoms with Gasteiger partial charge in [0.25, 0.3) is 0 Å². The minimum absolute atomic E-state index is 0.0581. The zero-order valence-electron chi connectivity index (χ0n) is 16.5. The van der Waals surface area contributed by atoms with Crippen molar-refractivity contribution in [2.75, 3.05) is 6.61 Å². The maximum Gasteiger partial charge on any atom is 0.306 e. The van der Waals surface area contributed by atoms with Crippen molar-refractivity contribution in [1.29, 1.82) is 0 Å². The molecule has 1 atom stereocenters. The third kappa shape index (κ3) is 3.49. The molecule has 0 fully saturated rings. The Balaban J connectivity index is 1.88. The maximum absolute atomic E-state index is 12.4. The Morgan fingerprint density at radius 2 is 2.21 bits per heavy atom. The van der Waals surface area contributed by atoms with Crippen LogP contribution < -0.4 is 0 Å². The van der Waals surface area contributed by atoms with Crippen LogP contribution in [0.15, 0.2) is 29.8 Å². The van der Waals surface area contributed by atoms with Crippen molar-refractivity contribution in [2.45, 2.75) is 32.8 Å². The smallest absolute Gasteiger partial charge is 0.306 e. The lowest BCUT2D eigenvalue weighted by Crippen LogP contribution is -2.13. The summed E-state index contributed by atoms with van der Waals surface area (Å²) in [5, 5.41) is 21.2. The molecule has 1 unspecified atom stereocenters. The van der Waals surface area contributed by atoms with Crippen molar-refractivity contribution in [2.24, 2.45) is 7.05 Å². The van der Waals surface area contributed by atoms with E-state index in [0.717, 1.165) is 37.9 Å². The summed E-state index contributed by atoms with van der Waals surface area (Å²) in [7, 11) is 1.80. The zero-order valence-corrected chi connectivity index (χ0v) is 17.4. The second kappa shape index (κ2) is 7.88. The Labute approximate surface area is 171 Å². The summed E-state index contributed by atoms with van der Waals surface area (Å²) in [5.74, 6) is -0.533. The van der Waals surface area contributed by atoms with E-state index < -0.39 is 0 Å². The zero-order chi connectivity index (χ0) is 20.5. The largest absolute Gasteiger partial charge is 0.466 e. The number of aliphatic hydroxyl groups excluding tert-OH is 1. The number of nitrogens with zero attached hydrogens (tertiary/aromatic N) is 4. The van der Waals surface area contributed by atoms with Gasteiger partial charge in [0.1, 0.15) is 5.52 Å². The first-order valence-corrected chi connectivity index (χ1v) is 10.3. The second-order valence-electron chi connectivity index (χ2n) is 6.96. The van der Waals surface area contributed by atoms with Gasteiger partial charge in [-0.05, 0) is 59.0 Å². The highest BCUT2D eigenvalue weighted by atomic mass is 32.1. The summed E-state index contributed by atoms with van der Waals surface area (Å²) in [5.41, 5.74) is 5.06. The topological polar surface area (TPSA) is 90.1 Å². The molecule has 0 aliphatic carbocycles. The lowest BCUT2D eigenvalue weighted by atomic mass is 9.85. The minimum atomic E-state index is -0.271. The molecule has 29 heavy (non-hydrogen) atoms. The van der Waals surface area contributed by atoms with Crippen molar-refractivity contribution in [3.05, 3.63) is 52.0 Å². The quantitative estimate of drug-likeness (QED) is 0.490. The summed E-state index contributed by atoms with van der Waals surface area (Å²) in [6.45, 7) is 4.05. The molecule has 4 rings (SSSR count). The van der Waals surface area contributed by atoms with E-state index in [4.69, 9.17) is 4.74 Å². The average molecular weight is 410 g/mol. The first kappa shape index (κ1) is 19.5. The van der Waals surface area contributed by atoms with Gasteiger partial charge in [0.15, 0.2) is 5.65 Å². The van der Waals surface area contributed by atoms with Crippen molar-refractivity contribution in [3.8, 4) is 0 Å². The lowest BCUT2D eigenvalue weighted by Gasteiger charge is -2.20. The van der Waals surface area contributed by atoms with Gasteiger partial charge in [-0.2, -0.15) is 0 Å². The molecule has 0 radical (unpaired) electrons. The Hall–Kier alpha value is -2.84. The van der Waals surface area contributed by atoms with E-state index in [0.29, 0.717) is 12.3 Å². The van der Waals surface area contributed by atoms with Gasteiger partial charge in [-0.3, -0.25) is 4.79 Å². The van der Waals surface area contributed by atoms with Gasteiger partial charge in [0.2, 0.25) is 0 Å². The fraction of sp³-hybridized carbons (Fsp3) is 0.333. The van der Waals surface area contributed by atoms with Crippen LogP contribution in [0.5, 0.6) is 0 Å². The van der Waals surface area contributed by atoms with Gasteiger partial charge in [0.05, 0.1) is 19.6 Å². The molecule has 0 aliphatic heterocycles. The normalized spacial score (nSPS) is 12.6. The Morgan fingerprint density at radius 1 is 1.38 bits per heavy atom. The van der Waals surface area contributed by atoms with Crippen LogP contribution in [0.25, 0.3) is 21.3 Å². The molecule has 0 aliphatic rings. The molecule has 0 saturated heterocycles. The molecule has 0 bridgehead atoms. The average Bonchev–Trinajstić information content (AvgIpc) is 3.33. The third-order valence-electron chi connectivity index (χ3n) is 5.19. The minimum Gasteiger partial charge on any atom is -0.466 e. The lowest BCUT2D eigenvalue weighted by molar-refractivity contribution is -0.143. The molecule has 0 spiro atoms. The molecular weight excluding hydrogens is 388 g/mol. The third-order valence-corrected chi connectivity index (χ3v) is 6.19. The Morgan fingerprint density at radius 3 is 2.97 bits per heavy atom. The number of esters is 1. The fourth-order valence-electron chi connectivity index (χ4n) is 3.75. The highest BCUT2D eigenvalue weighted by Crippen LogP contribution is 2.36.